The minimum atomic E-state index is -4.83. The van der Waals surface area contributed by atoms with Crippen molar-refractivity contribution in [3.8, 4) is 0 Å². The van der Waals surface area contributed by atoms with Crippen LogP contribution in [0.25, 0.3) is 0 Å². The van der Waals surface area contributed by atoms with Crippen molar-refractivity contribution in [1.29, 1.82) is 0 Å². The lowest BCUT2D eigenvalue weighted by molar-refractivity contribution is -0.143. The van der Waals surface area contributed by atoms with Gasteiger partial charge in [-0.3, -0.25) is 4.99 Å². The van der Waals surface area contributed by atoms with Gasteiger partial charge >= 0.3 is 12.4 Å². The molecule has 0 amide bonds. The van der Waals surface area contributed by atoms with E-state index in [1.807, 2.05) is 0 Å². The number of alkyl halides is 6. The summed E-state index contributed by atoms with van der Waals surface area (Å²) in [5.74, 6) is 0.196. The third kappa shape index (κ3) is 5.35. The molecule has 1 saturated carbocycles. The van der Waals surface area contributed by atoms with Crippen LogP contribution in [-0.4, -0.2) is 12.8 Å². The van der Waals surface area contributed by atoms with Gasteiger partial charge in [0.1, 0.15) is 0 Å². The van der Waals surface area contributed by atoms with E-state index >= 15 is 0 Å². The van der Waals surface area contributed by atoms with Crippen molar-refractivity contribution in [3.05, 3.63) is 47.0 Å². The summed E-state index contributed by atoms with van der Waals surface area (Å²) >= 11 is 0. The van der Waals surface area contributed by atoms with E-state index in [-0.39, 0.29) is 30.0 Å². The summed E-state index contributed by atoms with van der Waals surface area (Å²) in [6.07, 6.45) is -5.25. The van der Waals surface area contributed by atoms with Crippen LogP contribution < -0.4 is 0 Å². The summed E-state index contributed by atoms with van der Waals surface area (Å²) < 4.78 is 77.6. The van der Waals surface area contributed by atoms with Gasteiger partial charge in [-0.2, -0.15) is 26.3 Å². The van der Waals surface area contributed by atoms with Crippen molar-refractivity contribution in [2.75, 3.05) is 0 Å². The summed E-state index contributed by atoms with van der Waals surface area (Å²) in [5.41, 5.74) is -2.01. The van der Waals surface area contributed by atoms with Crippen molar-refractivity contribution < 1.29 is 26.3 Å². The van der Waals surface area contributed by atoms with Crippen molar-refractivity contribution in [1.82, 2.24) is 0 Å². The van der Waals surface area contributed by atoms with Crippen LogP contribution in [0.2, 0.25) is 0 Å². The Kier molecular flexibility index (Phi) is 6.19. The zero-order valence-corrected chi connectivity index (χ0v) is 14.3. The lowest BCUT2D eigenvalue weighted by atomic mass is 9.80. The summed E-state index contributed by atoms with van der Waals surface area (Å²) in [6, 6.07) is 1.76. The van der Waals surface area contributed by atoms with Crippen LogP contribution in [0.5, 0.6) is 0 Å². The molecule has 0 bridgehead atoms. The Bertz CT molecular complexity index is 627. The Labute approximate surface area is 148 Å². The molecule has 144 valence electrons. The van der Waals surface area contributed by atoms with E-state index in [9.17, 15) is 26.3 Å². The van der Waals surface area contributed by atoms with E-state index in [1.54, 1.807) is 0 Å². The van der Waals surface area contributed by atoms with Crippen LogP contribution in [0.3, 0.4) is 0 Å². The highest BCUT2D eigenvalue weighted by molar-refractivity contribution is 5.35. The zero-order chi connectivity index (χ0) is 19.5. The third-order valence-corrected chi connectivity index (χ3v) is 4.76. The normalized spacial score (nSPS) is 21.5. The maximum Gasteiger partial charge on any atom is 0.416 e. The Balaban J connectivity index is 2.19. The molecule has 1 aromatic rings. The van der Waals surface area contributed by atoms with Gasteiger partial charge in [0.2, 0.25) is 0 Å². The molecule has 0 heterocycles. The number of hydrogen-bond donors (Lipinski definition) is 0. The highest BCUT2D eigenvalue weighted by Gasteiger charge is 2.37. The van der Waals surface area contributed by atoms with Gasteiger partial charge in [0, 0.05) is 0 Å². The lowest BCUT2D eigenvalue weighted by Crippen LogP contribution is -2.23. The molecule has 0 radical (unpaired) electrons. The van der Waals surface area contributed by atoms with Crippen LogP contribution in [0.15, 0.2) is 35.3 Å². The van der Waals surface area contributed by atoms with Crippen molar-refractivity contribution in [2.24, 2.45) is 10.9 Å². The fourth-order valence-corrected chi connectivity index (χ4v) is 3.52. The van der Waals surface area contributed by atoms with Crippen molar-refractivity contribution in [3.63, 3.8) is 0 Å². The van der Waals surface area contributed by atoms with Gasteiger partial charge in [-0.25, -0.2) is 0 Å². The molecule has 1 aliphatic carbocycles. The number of rotatable bonds is 5. The third-order valence-electron chi connectivity index (χ3n) is 4.76. The smallest absolute Gasteiger partial charge is 0.297 e. The fourth-order valence-electron chi connectivity index (χ4n) is 3.52. The molecule has 0 unspecified atom stereocenters. The Morgan fingerprint density at radius 3 is 2.00 bits per heavy atom. The second-order valence-electron chi connectivity index (χ2n) is 6.84. The minimum absolute atomic E-state index is 0.0205. The molecule has 2 atom stereocenters. The first-order valence-electron chi connectivity index (χ1n) is 8.41. The van der Waals surface area contributed by atoms with Crippen molar-refractivity contribution in [2.45, 2.75) is 56.9 Å². The molecule has 0 aromatic heterocycles. The number of nitrogens with zero attached hydrogens (tertiary/aromatic N) is 1. The van der Waals surface area contributed by atoms with Crippen molar-refractivity contribution >= 4 is 6.72 Å². The molecule has 0 aliphatic heterocycles. The van der Waals surface area contributed by atoms with Crippen LogP contribution >= 0.6 is 0 Å². The largest absolute Gasteiger partial charge is 0.416 e. The van der Waals surface area contributed by atoms with Gasteiger partial charge in [0.05, 0.1) is 17.2 Å². The first-order chi connectivity index (χ1) is 12.0. The SMILES string of the molecule is C=N[C@H]1CCCC[C@@H]1CC(=C)Cc1cc(C(F)(F)F)cc(C(F)(F)F)c1. The Morgan fingerprint density at radius 2 is 1.50 bits per heavy atom. The standard InChI is InChI=1S/C19H21F6N/c1-12(8-14-5-3-4-6-17(14)26-2)7-13-9-15(18(20,21)22)11-16(10-13)19(23,24)25/h9-11,14,17H,1-8H2/t14-,17+/m1/s1. The Hall–Kier alpha value is -1.79. The molecule has 0 N–H and O–H groups in total. The molecule has 7 heteroatoms. The summed E-state index contributed by atoms with van der Waals surface area (Å²) in [4.78, 5) is 4.09. The molecule has 1 fully saturated rings. The predicted molar refractivity (Wildman–Crippen MR) is 89.2 cm³/mol. The average Bonchev–Trinajstić information content (AvgIpc) is 2.53. The second kappa shape index (κ2) is 7.84. The quantitative estimate of drug-likeness (QED) is 0.317. The fraction of sp³-hybridized carbons (Fsp3) is 0.526. The van der Waals surface area contributed by atoms with Crippen LogP contribution in [0.4, 0.5) is 26.3 Å². The first-order valence-corrected chi connectivity index (χ1v) is 8.41. The highest BCUT2D eigenvalue weighted by Crippen LogP contribution is 2.37. The summed E-state index contributed by atoms with van der Waals surface area (Å²) in [6.45, 7) is 7.45. The van der Waals surface area contributed by atoms with Gasteiger partial charge in [-0.15, -0.1) is 0 Å². The molecule has 0 saturated heterocycles. The van der Waals surface area contributed by atoms with Gasteiger partial charge in [0.15, 0.2) is 0 Å². The van der Waals surface area contributed by atoms with E-state index in [4.69, 9.17) is 0 Å². The molecule has 1 aromatic carbocycles. The van der Waals surface area contributed by atoms with Crippen LogP contribution in [0.1, 0.15) is 48.8 Å². The van der Waals surface area contributed by atoms with Gasteiger partial charge < -0.3 is 0 Å². The summed E-state index contributed by atoms with van der Waals surface area (Å²) in [5, 5.41) is 0. The van der Waals surface area contributed by atoms with Gasteiger partial charge in [-0.1, -0.05) is 25.0 Å². The maximum atomic E-state index is 12.9. The molecule has 1 nitrogen and oxygen atoms in total. The maximum absolute atomic E-state index is 12.9. The first kappa shape index (κ1) is 20.5. The van der Waals surface area contributed by atoms with E-state index in [1.165, 1.54) is 0 Å². The summed E-state index contributed by atoms with van der Waals surface area (Å²) in [7, 11) is 0. The topological polar surface area (TPSA) is 12.4 Å². The number of allylic oxidation sites excluding steroid dienone is 1. The molecule has 0 spiro atoms. The number of halogens is 6. The van der Waals surface area contributed by atoms with E-state index in [2.05, 4.69) is 18.3 Å². The minimum Gasteiger partial charge on any atom is -0.297 e. The monoisotopic (exact) mass is 377 g/mol. The lowest BCUT2D eigenvalue weighted by Gasteiger charge is -2.29. The predicted octanol–water partition coefficient (Wildman–Crippen LogP) is 6.47. The molecule has 26 heavy (non-hydrogen) atoms. The molecule has 2 rings (SSSR count). The van der Waals surface area contributed by atoms with Crippen LogP contribution in [0, 0.1) is 5.92 Å². The molecular formula is C19H21F6N. The highest BCUT2D eigenvalue weighted by atomic mass is 19.4. The number of aliphatic imine (C=N–C) groups is 1. The number of benzene rings is 1. The Morgan fingerprint density at radius 1 is 0.962 bits per heavy atom. The van der Waals surface area contributed by atoms with E-state index < -0.39 is 23.5 Å². The van der Waals surface area contributed by atoms with Gasteiger partial charge in [-0.05, 0) is 62.1 Å². The van der Waals surface area contributed by atoms with Gasteiger partial charge in [0.25, 0.3) is 0 Å². The van der Waals surface area contributed by atoms with E-state index in [0.717, 1.165) is 37.8 Å². The number of hydrogen-bond acceptors (Lipinski definition) is 1. The van der Waals surface area contributed by atoms with Crippen LogP contribution in [-0.2, 0) is 18.8 Å². The van der Waals surface area contributed by atoms with E-state index in [0.29, 0.717) is 12.0 Å². The zero-order valence-electron chi connectivity index (χ0n) is 14.3. The molecule has 1 aliphatic rings. The molecular weight excluding hydrogens is 356 g/mol. The second-order valence-corrected chi connectivity index (χ2v) is 6.84. The average molecular weight is 377 g/mol.